The molecule has 1 heterocycles. The lowest BCUT2D eigenvalue weighted by Crippen LogP contribution is -2.47. The number of benzene rings is 1. The fraction of sp³-hybridized carbons (Fsp3) is 0.667. The summed E-state index contributed by atoms with van der Waals surface area (Å²) in [6, 6.07) is 11.3. The molecule has 1 aromatic carbocycles. The molecule has 0 bridgehead atoms. The summed E-state index contributed by atoms with van der Waals surface area (Å²) in [4.78, 5) is 2.63. The van der Waals surface area contributed by atoms with Crippen LogP contribution in [0.4, 0.5) is 0 Å². The predicted octanol–water partition coefficient (Wildman–Crippen LogP) is 3.45. The number of aliphatic hydroxyl groups excluding tert-OH is 1. The summed E-state index contributed by atoms with van der Waals surface area (Å²) in [5.41, 5.74) is 1.84. The van der Waals surface area contributed by atoms with Crippen LogP contribution in [0.1, 0.15) is 45.1 Å². The van der Waals surface area contributed by atoms with Gasteiger partial charge in [0.2, 0.25) is 0 Å². The highest BCUT2D eigenvalue weighted by atomic mass is 16.3. The number of nitrogens with zero attached hydrogens (tertiary/aromatic N) is 1. The lowest BCUT2D eigenvalue weighted by atomic mass is 9.82. The third kappa shape index (κ3) is 2.29. The minimum atomic E-state index is 0.141. The van der Waals surface area contributed by atoms with Crippen molar-refractivity contribution in [3.05, 3.63) is 35.9 Å². The van der Waals surface area contributed by atoms with Gasteiger partial charge in [-0.2, -0.15) is 0 Å². The zero-order chi connectivity index (χ0) is 14.2. The molecule has 0 amide bonds. The second-order valence-corrected chi connectivity index (χ2v) is 7.34. The Morgan fingerprint density at radius 3 is 2.50 bits per heavy atom. The van der Waals surface area contributed by atoms with E-state index in [0.717, 1.165) is 6.54 Å². The number of hydrogen-bond donors (Lipinski definition) is 1. The first-order valence-corrected chi connectivity index (χ1v) is 7.98. The fourth-order valence-corrected chi connectivity index (χ4v) is 4.31. The summed E-state index contributed by atoms with van der Waals surface area (Å²) in [5, 5.41) is 10.0. The van der Waals surface area contributed by atoms with Gasteiger partial charge in [-0.1, -0.05) is 50.6 Å². The molecule has 1 aliphatic carbocycles. The minimum Gasteiger partial charge on any atom is -0.396 e. The summed E-state index contributed by atoms with van der Waals surface area (Å²) >= 11 is 0. The van der Waals surface area contributed by atoms with Gasteiger partial charge in [-0.3, -0.25) is 4.90 Å². The summed E-state index contributed by atoms with van der Waals surface area (Å²) in [7, 11) is 0. The van der Waals surface area contributed by atoms with Gasteiger partial charge in [-0.05, 0) is 36.8 Å². The van der Waals surface area contributed by atoms with E-state index in [4.69, 9.17) is 0 Å². The summed E-state index contributed by atoms with van der Waals surface area (Å²) in [6.45, 7) is 7.19. The lowest BCUT2D eigenvalue weighted by molar-refractivity contribution is 0.0287. The molecule has 1 saturated carbocycles. The van der Waals surface area contributed by atoms with E-state index in [1.807, 2.05) is 0 Å². The molecule has 1 N–H and O–H groups in total. The molecule has 1 aromatic rings. The smallest absolute Gasteiger partial charge is 0.0507 e. The monoisotopic (exact) mass is 273 g/mol. The second-order valence-electron chi connectivity index (χ2n) is 7.34. The summed E-state index contributed by atoms with van der Waals surface area (Å²) in [5.74, 6) is 0. The Balaban J connectivity index is 1.78. The molecule has 2 nitrogen and oxygen atoms in total. The Bertz CT molecular complexity index is 456. The van der Waals surface area contributed by atoms with E-state index in [9.17, 15) is 5.11 Å². The molecule has 110 valence electrons. The predicted molar refractivity (Wildman–Crippen MR) is 82.4 cm³/mol. The quantitative estimate of drug-likeness (QED) is 0.908. The van der Waals surface area contributed by atoms with Crippen LogP contribution in [0.15, 0.2) is 30.3 Å². The average Bonchev–Trinajstić information content (AvgIpc) is 3.04. The molecule has 0 aromatic heterocycles. The van der Waals surface area contributed by atoms with Crippen LogP contribution in [0.25, 0.3) is 0 Å². The van der Waals surface area contributed by atoms with E-state index < -0.39 is 0 Å². The minimum absolute atomic E-state index is 0.141. The normalized spacial score (nSPS) is 33.0. The third-order valence-corrected chi connectivity index (χ3v) is 5.74. The molecule has 3 rings (SSSR count). The van der Waals surface area contributed by atoms with Gasteiger partial charge in [0.1, 0.15) is 0 Å². The van der Waals surface area contributed by atoms with Crippen LogP contribution in [0.5, 0.6) is 0 Å². The van der Waals surface area contributed by atoms with Gasteiger partial charge in [0.05, 0.1) is 6.61 Å². The Morgan fingerprint density at radius 1 is 1.20 bits per heavy atom. The van der Waals surface area contributed by atoms with Crippen molar-refractivity contribution >= 4 is 0 Å². The molecule has 0 spiro atoms. The molecule has 2 atom stereocenters. The van der Waals surface area contributed by atoms with Gasteiger partial charge in [0.15, 0.2) is 0 Å². The summed E-state index contributed by atoms with van der Waals surface area (Å²) < 4.78 is 0. The Kier molecular flexibility index (Phi) is 3.64. The standard InChI is InChI=1S/C18H27NO/c1-17(2)13-18(17,14-20)16-10-6-7-11-19(16)12-15-8-4-3-5-9-15/h3-5,8-9,16,20H,6-7,10-14H2,1-2H3. The number of piperidine rings is 1. The maximum atomic E-state index is 10.0. The molecule has 2 fully saturated rings. The zero-order valence-corrected chi connectivity index (χ0v) is 12.8. The topological polar surface area (TPSA) is 23.5 Å². The van der Waals surface area contributed by atoms with Gasteiger partial charge in [-0.25, -0.2) is 0 Å². The van der Waals surface area contributed by atoms with E-state index >= 15 is 0 Å². The summed E-state index contributed by atoms with van der Waals surface area (Å²) in [6.07, 6.45) is 5.03. The number of rotatable bonds is 4. The van der Waals surface area contributed by atoms with E-state index in [1.165, 1.54) is 37.8 Å². The van der Waals surface area contributed by atoms with Crippen molar-refractivity contribution in [1.82, 2.24) is 4.90 Å². The van der Waals surface area contributed by atoms with Gasteiger partial charge in [-0.15, -0.1) is 0 Å². The molecular formula is C18H27NO. The van der Waals surface area contributed by atoms with Crippen molar-refractivity contribution in [3.63, 3.8) is 0 Å². The van der Waals surface area contributed by atoms with Crippen molar-refractivity contribution in [2.45, 2.75) is 52.1 Å². The van der Waals surface area contributed by atoms with Crippen LogP contribution in [-0.4, -0.2) is 29.2 Å². The zero-order valence-electron chi connectivity index (χ0n) is 12.8. The lowest BCUT2D eigenvalue weighted by Gasteiger charge is -2.42. The first-order chi connectivity index (χ1) is 9.59. The highest BCUT2D eigenvalue weighted by molar-refractivity contribution is 5.18. The van der Waals surface area contributed by atoms with Crippen molar-refractivity contribution in [2.24, 2.45) is 10.8 Å². The number of hydrogen-bond acceptors (Lipinski definition) is 2. The fourth-order valence-electron chi connectivity index (χ4n) is 4.31. The van der Waals surface area contributed by atoms with E-state index in [0.29, 0.717) is 18.1 Å². The third-order valence-electron chi connectivity index (χ3n) is 5.74. The van der Waals surface area contributed by atoms with Crippen LogP contribution in [0, 0.1) is 10.8 Å². The molecule has 1 aliphatic heterocycles. The van der Waals surface area contributed by atoms with Gasteiger partial charge in [0, 0.05) is 18.0 Å². The maximum Gasteiger partial charge on any atom is 0.0507 e. The first-order valence-electron chi connectivity index (χ1n) is 7.98. The van der Waals surface area contributed by atoms with Crippen molar-refractivity contribution in [2.75, 3.05) is 13.2 Å². The van der Waals surface area contributed by atoms with Crippen molar-refractivity contribution in [3.8, 4) is 0 Å². The Hall–Kier alpha value is -0.860. The van der Waals surface area contributed by atoms with Crippen LogP contribution >= 0.6 is 0 Å². The van der Waals surface area contributed by atoms with Crippen LogP contribution in [-0.2, 0) is 6.54 Å². The second kappa shape index (κ2) is 5.16. The molecular weight excluding hydrogens is 246 g/mol. The maximum absolute atomic E-state index is 10.0. The largest absolute Gasteiger partial charge is 0.396 e. The van der Waals surface area contributed by atoms with Crippen LogP contribution in [0.2, 0.25) is 0 Å². The average molecular weight is 273 g/mol. The Labute approximate surface area is 122 Å². The van der Waals surface area contributed by atoms with Crippen molar-refractivity contribution in [1.29, 1.82) is 0 Å². The van der Waals surface area contributed by atoms with Crippen LogP contribution < -0.4 is 0 Å². The van der Waals surface area contributed by atoms with Crippen molar-refractivity contribution < 1.29 is 5.11 Å². The molecule has 20 heavy (non-hydrogen) atoms. The molecule has 1 saturated heterocycles. The highest BCUT2D eigenvalue weighted by Crippen LogP contribution is 2.67. The molecule has 2 unspecified atom stereocenters. The molecule has 2 heteroatoms. The SMILES string of the molecule is CC1(C)CC1(CO)C1CCCCN1Cc1ccccc1. The number of aliphatic hydroxyl groups is 1. The highest BCUT2D eigenvalue weighted by Gasteiger charge is 2.65. The Morgan fingerprint density at radius 2 is 1.90 bits per heavy atom. The number of likely N-dealkylation sites (tertiary alicyclic amines) is 1. The van der Waals surface area contributed by atoms with Crippen LogP contribution in [0.3, 0.4) is 0 Å². The van der Waals surface area contributed by atoms with Gasteiger partial charge >= 0.3 is 0 Å². The molecule has 2 aliphatic rings. The van der Waals surface area contributed by atoms with E-state index in [2.05, 4.69) is 49.1 Å². The first kappa shape index (κ1) is 14.1. The van der Waals surface area contributed by atoms with E-state index in [-0.39, 0.29) is 5.41 Å². The molecule has 0 radical (unpaired) electrons. The van der Waals surface area contributed by atoms with E-state index in [1.54, 1.807) is 0 Å². The van der Waals surface area contributed by atoms with Gasteiger partial charge < -0.3 is 5.11 Å². The van der Waals surface area contributed by atoms with Gasteiger partial charge in [0.25, 0.3) is 0 Å².